The summed E-state index contributed by atoms with van der Waals surface area (Å²) in [5.74, 6) is 0.00242. The molecule has 0 saturated carbocycles. The maximum Gasteiger partial charge on any atom is 0.251 e. The molecule has 1 rings (SSSR count). The minimum Gasteiger partial charge on any atom is -0.351 e. The van der Waals surface area contributed by atoms with E-state index >= 15 is 0 Å². The molecule has 1 amide bonds. The molecule has 128 valence electrons. The van der Waals surface area contributed by atoms with Crippen LogP contribution in [0.5, 0.6) is 0 Å². The Hall–Kier alpha value is -1.61. The van der Waals surface area contributed by atoms with Gasteiger partial charge in [-0.05, 0) is 77.3 Å². The van der Waals surface area contributed by atoms with Crippen molar-refractivity contribution in [2.45, 2.75) is 60.5 Å². The van der Waals surface area contributed by atoms with Crippen LogP contribution in [0.15, 0.2) is 24.3 Å². The Morgan fingerprint density at radius 1 is 1.22 bits per heavy atom. The molecule has 0 atom stereocenters. The molecule has 0 radical (unpaired) electrons. The molecular formula is C20H32N2O. The zero-order chi connectivity index (χ0) is 17.6. The molecular weight excluding hydrogens is 284 g/mol. The molecule has 0 spiro atoms. The highest BCUT2D eigenvalue weighted by Crippen LogP contribution is 2.20. The van der Waals surface area contributed by atoms with Gasteiger partial charge in [-0.15, -0.1) is 0 Å². The van der Waals surface area contributed by atoms with Gasteiger partial charge in [0.25, 0.3) is 5.91 Å². The summed E-state index contributed by atoms with van der Waals surface area (Å²) in [6, 6.07) is 6.87. The van der Waals surface area contributed by atoms with Crippen LogP contribution in [0.25, 0.3) is 5.57 Å². The molecule has 0 saturated heterocycles. The maximum atomic E-state index is 12.4. The predicted molar refractivity (Wildman–Crippen MR) is 99.8 cm³/mol. The van der Waals surface area contributed by atoms with E-state index in [2.05, 4.69) is 57.8 Å². The third kappa shape index (κ3) is 5.51. The second-order valence-electron chi connectivity index (χ2n) is 6.68. The molecule has 3 heteroatoms. The van der Waals surface area contributed by atoms with Crippen LogP contribution in [0.1, 0.15) is 63.0 Å². The Labute approximate surface area is 141 Å². The third-order valence-electron chi connectivity index (χ3n) is 4.34. The molecule has 0 unspecified atom stereocenters. The zero-order valence-electron chi connectivity index (χ0n) is 15.7. The van der Waals surface area contributed by atoms with Crippen LogP contribution in [-0.2, 0) is 0 Å². The van der Waals surface area contributed by atoms with E-state index in [1.807, 2.05) is 25.1 Å². The Kier molecular flexibility index (Phi) is 7.50. The van der Waals surface area contributed by atoms with E-state index in [9.17, 15) is 4.79 Å². The first-order valence-corrected chi connectivity index (χ1v) is 8.55. The second-order valence-corrected chi connectivity index (χ2v) is 6.68. The smallest absolute Gasteiger partial charge is 0.251 e. The van der Waals surface area contributed by atoms with Crippen LogP contribution in [0.4, 0.5) is 0 Å². The van der Waals surface area contributed by atoms with Crippen molar-refractivity contribution in [3.8, 4) is 0 Å². The van der Waals surface area contributed by atoms with Crippen LogP contribution in [0.3, 0.4) is 0 Å². The van der Waals surface area contributed by atoms with Crippen molar-refractivity contribution in [2.24, 2.45) is 0 Å². The van der Waals surface area contributed by atoms with E-state index in [-0.39, 0.29) is 5.91 Å². The third-order valence-corrected chi connectivity index (χ3v) is 4.34. The van der Waals surface area contributed by atoms with Crippen molar-refractivity contribution in [3.63, 3.8) is 0 Å². The quantitative estimate of drug-likeness (QED) is 0.815. The fourth-order valence-corrected chi connectivity index (χ4v) is 2.86. The number of amides is 1. The highest BCUT2D eigenvalue weighted by atomic mass is 16.1. The van der Waals surface area contributed by atoms with Crippen LogP contribution in [-0.4, -0.2) is 36.0 Å². The number of hydrogen-bond donors (Lipinski definition) is 1. The van der Waals surface area contributed by atoms with Crippen molar-refractivity contribution >= 4 is 11.5 Å². The van der Waals surface area contributed by atoms with Crippen LogP contribution >= 0.6 is 0 Å². The van der Waals surface area contributed by atoms with Crippen molar-refractivity contribution < 1.29 is 4.79 Å². The van der Waals surface area contributed by atoms with Crippen molar-refractivity contribution in [2.75, 3.05) is 13.1 Å². The van der Waals surface area contributed by atoms with E-state index in [1.54, 1.807) is 0 Å². The lowest BCUT2D eigenvalue weighted by Gasteiger charge is -2.30. The van der Waals surface area contributed by atoms with Gasteiger partial charge in [-0.3, -0.25) is 9.69 Å². The molecule has 0 aliphatic carbocycles. The number of nitrogens with one attached hydrogen (secondary N) is 1. The lowest BCUT2D eigenvalue weighted by molar-refractivity contribution is 0.0939. The molecule has 0 aliphatic rings. The average Bonchev–Trinajstić information content (AvgIpc) is 2.50. The summed E-state index contributed by atoms with van der Waals surface area (Å²) >= 11 is 0. The number of carbonyl (C=O) groups excluding carboxylic acids is 1. The van der Waals surface area contributed by atoms with Crippen LogP contribution in [0, 0.1) is 6.92 Å². The summed E-state index contributed by atoms with van der Waals surface area (Å²) in [7, 11) is 0. The number of carbonyl (C=O) groups is 1. The van der Waals surface area contributed by atoms with Gasteiger partial charge in [0.05, 0.1) is 0 Å². The van der Waals surface area contributed by atoms with Gasteiger partial charge < -0.3 is 5.32 Å². The van der Waals surface area contributed by atoms with Gasteiger partial charge >= 0.3 is 0 Å². The molecule has 0 aliphatic heterocycles. The molecule has 0 heterocycles. The first-order chi connectivity index (χ1) is 10.8. The van der Waals surface area contributed by atoms with Gasteiger partial charge in [-0.2, -0.15) is 0 Å². The van der Waals surface area contributed by atoms with Gasteiger partial charge in [-0.25, -0.2) is 0 Å². The van der Waals surface area contributed by atoms with E-state index < -0.39 is 0 Å². The van der Waals surface area contributed by atoms with Crippen molar-refractivity contribution in [3.05, 3.63) is 41.0 Å². The summed E-state index contributed by atoms with van der Waals surface area (Å²) in [5, 5.41) is 3.04. The zero-order valence-corrected chi connectivity index (χ0v) is 15.7. The van der Waals surface area contributed by atoms with Crippen molar-refractivity contribution in [1.82, 2.24) is 10.2 Å². The van der Waals surface area contributed by atoms with Gasteiger partial charge in [0.15, 0.2) is 0 Å². The Balaban J connectivity index is 2.72. The van der Waals surface area contributed by atoms with Gasteiger partial charge in [-0.1, -0.05) is 12.1 Å². The number of aryl methyl sites for hydroxylation is 1. The average molecular weight is 316 g/mol. The van der Waals surface area contributed by atoms with Gasteiger partial charge in [0.2, 0.25) is 0 Å². The van der Waals surface area contributed by atoms with Crippen LogP contribution in [0.2, 0.25) is 0 Å². The first kappa shape index (κ1) is 19.4. The predicted octanol–water partition coefficient (Wildman–Crippen LogP) is 4.27. The summed E-state index contributed by atoms with van der Waals surface area (Å²) in [6.45, 7) is 16.5. The van der Waals surface area contributed by atoms with E-state index in [0.717, 1.165) is 17.7 Å². The molecule has 3 nitrogen and oxygen atoms in total. The summed E-state index contributed by atoms with van der Waals surface area (Å²) in [6.07, 6.45) is 2.08. The van der Waals surface area contributed by atoms with E-state index in [1.165, 1.54) is 11.1 Å². The second kappa shape index (κ2) is 8.88. The lowest BCUT2D eigenvalue weighted by atomic mass is 9.98. The fraction of sp³-hybridized carbons (Fsp3) is 0.550. The summed E-state index contributed by atoms with van der Waals surface area (Å²) < 4.78 is 0. The monoisotopic (exact) mass is 316 g/mol. The standard InChI is InChI=1S/C20H32N2O/c1-8-16(6)19-13-18(10-9-17(19)7)20(23)21-11-12-22(14(2)3)15(4)5/h8-10,13-15H,11-12H2,1-7H3,(H,21,23)/b16-8+. The molecule has 1 N–H and O–H groups in total. The van der Waals surface area contributed by atoms with Gasteiger partial charge in [0, 0.05) is 30.7 Å². The lowest BCUT2D eigenvalue weighted by Crippen LogP contribution is -2.42. The minimum absolute atomic E-state index is 0.00242. The molecule has 23 heavy (non-hydrogen) atoms. The highest BCUT2D eigenvalue weighted by Gasteiger charge is 2.14. The molecule has 0 fully saturated rings. The van der Waals surface area contributed by atoms with E-state index in [4.69, 9.17) is 0 Å². The maximum absolute atomic E-state index is 12.4. The molecule has 0 aromatic heterocycles. The fourth-order valence-electron chi connectivity index (χ4n) is 2.86. The number of hydrogen-bond acceptors (Lipinski definition) is 2. The summed E-state index contributed by atoms with van der Waals surface area (Å²) in [4.78, 5) is 14.8. The first-order valence-electron chi connectivity index (χ1n) is 8.55. The number of benzene rings is 1. The van der Waals surface area contributed by atoms with Crippen molar-refractivity contribution in [1.29, 1.82) is 0 Å². The molecule has 1 aromatic carbocycles. The Bertz CT molecular complexity index is 551. The minimum atomic E-state index is 0.00242. The Morgan fingerprint density at radius 3 is 2.35 bits per heavy atom. The molecule has 1 aromatic rings. The SMILES string of the molecule is C/C=C(\C)c1cc(C(=O)NCCN(C(C)C)C(C)C)ccc1C. The number of nitrogens with zero attached hydrogens (tertiary/aromatic N) is 1. The van der Waals surface area contributed by atoms with Gasteiger partial charge in [0.1, 0.15) is 0 Å². The topological polar surface area (TPSA) is 32.3 Å². The molecule has 0 bridgehead atoms. The normalized spacial score (nSPS) is 12.3. The highest BCUT2D eigenvalue weighted by molar-refractivity contribution is 5.95. The van der Waals surface area contributed by atoms with E-state index in [0.29, 0.717) is 18.6 Å². The number of rotatable bonds is 7. The summed E-state index contributed by atoms with van der Waals surface area (Å²) in [5.41, 5.74) is 4.27. The number of allylic oxidation sites excluding steroid dienone is 2. The van der Waals surface area contributed by atoms with Crippen LogP contribution < -0.4 is 5.32 Å². The largest absolute Gasteiger partial charge is 0.351 e. The Morgan fingerprint density at radius 2 is 1.83 bits per heavy atom.